The molecule has 0 saturated carbocycles. The smallest absolute Gasteiger partial charge is 0.328 e. The summed E-state index contributed by atoms with van der Waals surface area (Å²) in [6.07, 6.45) is 3.89. The summed E-state index contributed by atoms with van der Waals surface area (Å²) in [4.78, 5) is 40.2. The number of nitrogens with one attached hydrogen (secondary N) is 2. The first-order chi connectivity index (χ1) is 17.9. The molecule has 13 nitrogen and oxygen atoms in total. The predicted molar refractivity (Wildman–Crippen MR) is 132 cm³/mol. The number of ether oxygens (including phenoxy) is 4. The standard InChI is InChI=1S/C24H30N6O7/c1-34-11-8-29-14-17(21(31)26-23(29)33)13-25-22(32)24(6-9-37-10-7-24)30-15-18(27-28-30)16-4-5-19(35-2)20(12-16)36-3/h4-5,12,14-15H,6-11,13H2,1-3H3,(H,25,32)(H,26,31,33). The Morgan fingerprint density at radius 3 is 2.59 bits per heavy atom. The van der Waals surface area contributed by atoms with Crippen LogP contribution in [0.5, 0.6) is 11.5 Å². The molecule has 3 aromatic rings. The van der Waals surface area contributed by atoms with Gasteiger partial charge in [-0.2, -0.15) is 0 Å². The lowest BCUT2D eigenvalue weighted by atomic mass is 9.89. The molecule has 37 heavy (non-hydrogen) atoms. The molecule has 0 unspecified atom stereocenters. The van der Waals surface area contributed by atoms with E-state index in [1.165, 1.54) is 17.9 Å². The number of rotatable bonds is 10. The van der Waals surface area contributed by atoms with Gasteiger partial charge in [-0.15, -0.1) is 5.10 Å². The summed E-state index contributed by atoms with van der Waals surface area (Å²) in [5, 5.41) is 11.4. The molecular weight excluding hydrogens is 484 g/mol. The maximum Gasteiger partial charge on any atom is 0.328 e. The van der Waals surface area contributed by atoms with Crippen LogP contribution in [0.3, 0.4) is 0 Å². The van der Waals surface area contributed by atoms with E-state index in [4.69, 9.17) is 18.9 Å². The van der Waals surface area contributed by atoms with Gasteiger partial charge in [0, 0.05) is 51.5 Å². The topological polar surface area (TPSA) is 152 Å². The Kier molecular flexibility index (Phi) is 8.04. The van der Waals surface area contributed by atoms with Crippen LogP contribution in [0, 0.1) is 0 Å². The molecule has 2 aromatic heterocycles. The highest BCUT2D eigenvalue weighted by Crippen LogP contribution is 2.34. The first kappa shape index (κ1) is 26.1. The quantitative estimate of drug-likeness (QED) is 0.389. The molecule has 0 atom stereocenters. The molecule has 0 aliphatic carbocycles. The van der Waals surface area contributed by atoms with Crippen molar-refractivity contribution in [2.75, 3.05) is 41.2 Å². The number of hydrogen-bond donors (Lipinski definition) is 2. The molecule has 0 radical (unpaired) electrons. The van der Waals surface area contributed by atoms with Crippen molar-refractivity contribution in [2.45, 2.75) is 31.5 Å². The van der Waals surface area contributed by atoms with Crippen LogP contribution in [0.2, 0.25) is 0 Å². The van der Waals surface area contributed by atoms with Gasteiger partial charge in [0.2, 0.25) is 5.91 Å². The summed E-state index contributed by atoms with van der Waals surface area (Å²) in [6.45, 7) is 1.23. The van der Waals surface area contributed by atoms with Crippen LogP contribution >= 0.6 is 0 Å². The van der Waals surface area contributed by atoms with Crippen molar-refractivity contribution in [1.29, 1.82) is 0 Å². The number of amides is 1. The second kappa shape index (κ2) is 11.4. The van der Waals surface area contributed by atoms with Crippen LogP contribution in [0.25, 0.3) is 11.3 Å². The number of carbonyl (C=O) groups is 1. The van der Waals surface area contributed by atoms with E-state index in [0.717, 1.165) is 5.56 Å². The molecule has 13 heteroatoms. The Labute approximate surface area is 212 Å². The lowest BCUT2D eigenvalue weighted by molar-refractivity contribution is -0.136. The minimum Gasteiger partial charge on any atom is -0.493 e. The zero-order valence-electron chi connectivity index (χ0n) is 21.0. The molecule has 1 aliphatic rings. The van der Waals surface area contributed by atoms with Crippen molar-refractivity contribution < 1.29 is 23.7 Å². The third-order valence-electron chi connectivity index (χ3n) is 6.41. The number of H-pyrrole nitrogens is 1. The van der Waals surface area contributed by atoms with Gasteiger partial charge in [-0.05, 0) is 18.2 Å². The fourth-order valence-electron chi connectivity index (χ4n) is 4.25. The summed E-state index contributed by atoms with van der Waals surface area (Å²) in [6, 6.07) is 5.39. The number of benzene rings is 1. The first-order valence-electron chi connectivity index (χ1n) is 11.7. The van der Waals surface area contributed by atoms with Gasteiger partial charge in [-0.1, -0.05) is 5.21 Å². The Bertz CT molecular complexity index is 1360. The van der Waals surface area contributed by atoms with Crippen molar-refractivity contribution in [3.8, 4) is 22.8 Å². The molecule has 1 saturated heterocycles. The zero-order valence-corrected chi connectivity index (χ0v) is 21.0. The number of methoxy groups -OCH3 is 3. The fraction of sp³-hybridized carbons (Fsp3) is 0.458. The first-order valence-corrected chi connectivity index (χ1v) is 11.7. The van der Waals surface area contributed by atoms with Crippen molar-refractivity contribution in [3.63, 3.8) is 0 Å². The van der Waals surface area contributed by atoms with Crippen LogP contribution in [0.1, 0.15) is 18.4 Å². The molecule has 0 spiro atoms. The van der Waals surface area contributed by atoms with Gasteiger partial charge >= 0.3 is 5.69 Å². The van der Waals surface area contributed by atoms with Gasteiger partial charge in [-0.3, -0.25) is 19.1 Å². The minimum absolute atomic E-state index is 0.0682. The zero-order chi connectivity index (χ0) is 26.4. The highest BCUT2D eigenvalue weighted by atomic mass is 16.5. The molecule has 1 amide bonds. The Balaban J connectivity index is 1.58. The Morgan fingerprint density at radius 2 is 1.89 bits per heavy atom. The molecule has 3 heterocycles. The van der Waals surface area contributed by atoms with E-state index in [-0.39, 0.29) is 24.6 Å². The van der Waals surface area contributed by atoms with Gasteiger partial charge in [0.05, 0.1) is 39.1 Å². The highest BCUT2D eigenvalue weighted by Gasteiger charge is 2.43. The number of nitrogens with zero attached hydrogens (tertiary/aromatic N) is 4. The van der Waals surface area contributed by atoms with E-state index in [0.29, 0.717) is 49.9 Å². The highest BCUT2D eigenvalue weighted by molar-refractivity contribution is 5.84. The van der Waals surface area contributed by atoms with Crippen LogP contribution in [-0.4, -0.2) is 71.6 Å². The van der Waals surface area contributed by atoms with Crippen molar-refractivity contribution in [1.82, 2.24) is 29.9 Å². The molecule has 4 rings (SSSR count). The van der Waals surface area contributed by atoms with E-state index in [1.807, 2.05) is 6.07 Å². The normalized spacial score (nSPS) is 14.8. The summed E-state index contributed by atoms with van der Waals surface area (Å²) in [5.74, 6) is 0.807. The van der Waals surface area contributed by atoms with Crippen molar-refractivity contribution >= 4 is 5.91 Å². The predicted octanol–water partition coefficient (Wildman–Crippen LogP) is 0.281. The third kappa shape index (κ3) is 5.42. The second-order valence-electron chi connectivity index (χ2n) is 8.54. The van der Waals surface area contributed by atoms with Crippen LogP contribution in [-0.2, 0) is 32.9 Å². The molecule has 2 N–H and O–H groups in total. The molecule has 0 bridgehead atoms. The summed E-state index contributed by atoms with van der Waals surface area (Å²) < 4.78 is 24.1. The maximum atomic E-state index is 13.6. The maximum absolute atomic E-state index is 13.6. The van der Waals surface area contributed by atoms with E-state index < -0.39 is 16.8 Å². The average molecular weight is 515 g/mol. The van der Waals surface area contributed by atoms with Gasteiger partial charge in [0.25, 0.3) is 5.56 Å². The van der Waals surface area contributed by atoms with Crippen LogP contribution in [0.4, 0.5) is 0 Å². The van der Waals surface area contributed by atoms with Crippen molar-refractivity contribution in [3.05, 3.63) is 57.0 Å². The van der Waals surface area contributed by atoms with Crippen molar-refractivity contribution in [2.24, 2.45) is 0 Å². The van der Waals surface area contributed by atoms with E-state index >= 15 is 0 Å². The van der Waals surface area contributed by atoms with E-state index in [1.54, 1.807) is 37.2 Å². The summed E-state index contributed by atoms with van der Waals surface area (Å²) in [7, 11) is 4.63. The third-order valence-corrected chi connectivity index (χ3v) is 6.41. The average Bonchev–Trinajstić information content (AvgIpc) is 3.43. The lowest BCUT2D eigenvalue weighted by Crippen LogP contribution is -2.52. The second-order valence-corrected chi connectivity index (χ2v) is 8.54. The van der Waals surface area contributed by atoms with Gasteiger partial charge < -0.3 is 24.3 Å². The minimum atomic E-state index is -1.06. The van der Waals surface area contributed by atoms with Gasteiger partial charge in [-0.25, -0.2) is 9.48 Å². The number of aromatic amines is 1. The fourth-order valence-corrected chi connectivity index (χ4v) is 4.25. The number of hydrogen-bond acceptors (Lipinski definition) is 9. The largest absolute Gasteiger partial charge is 0.493 e. The van der Waals surface area contributed by atoms with Crippen LogP contribution < -0.4 is 26.0 Å². The molecule has 198 valence electrons. The van der Waals surface area contributed by atoms with E-state index in [9.17, 15) is 14.4 Å². The Morgan fingerprint density at radius 1 is 1.14 bits per heavy atom. The Hall–Kier alpha value is -3.97. The number of aromatic nitrogens is 5. The van der Waals surface area contributed by atoms with Gasteiger partial charge in [0.15, 0.2) is 11.5 Å². The lowest BCUT2D eigenvalue weighted by Gasteiger charge is -2.35. The monoisotopic (exact) mass is 514 g/mol. The summed E-state index contributed by atoms with van der Waals surface area (Å²) in [5.41, 5.74) is -0.606. The number of carbonyl (C=O) groups excluding carboxylic acids is 1. The molecular formula is C24H30N6O7. The van der Waals surface area contributed by atoms with E-state index in [2.05, 4.69) is 20.6 Å². The SMILES string of the molecule is COCCn1cc(CNC(=O)C2(n3cc(-c4ccc(OC)c(OC)c4)nn3)CCOCC2)c(=O)[nH]c1=O. The van der Waals surface area contributed by atoms with Crippen LogP contribution in [0.15, 0.2) is 40.2 Å². The molecule has 1 aromatic carbocycles. The molecule has 1 fully saturated rings. The summed E-state index contributed by atoms with van der Waals surface area (Å²) >= 11 is 0. The molecule has 1 aliphatic heterocycles. The van der Waals surface area contributed by atoms with Gasteiger partial charge in [0.1, 0.15) is 11.2 Å².